The molecule has 0 aliphatic carbocycles. The van der Waals surface area contributed by atoms with Crippen molar-refractivity contribution in [1.29, 1.82) is 0 Å². The molecule has 0 heterocycles. The smallest absolute Gasteiger partial charge is 0.159 e. The molecular formula is C8H6I2O. The molecule has 58 valence electrons. The summed E-state index contributed by atoms with van der Waals surface area (Å²) in [5.41, 5.74) is 0.793. The van der Waals surface area contributed by atoms with Gasteiger partial charge in [0, 0.05) is 12.7 Å². The van der Waals surface area contributed by atoms with Crippen LogP contribution in [-0.2, 0) is 0 Å². The normalized spacial score (nSPS) is 9.73. The van der Waals surface area contributed by atoms with E-state index in [0.717, 1.165) is 12.7 Å². The van der Waals surface area contributed by atoms with E-state index >= 15 is 0 Å². The summed E-state index contributed by atoms with van der Waals surface area (Å²) >= 11 is 4.41. The van der Waals surface area contributed by atoms with E-state index in [-0.39, 0.29) is 5.78 Å². The van der Waals surface area contributed by atoms with Gasteiger partial charge in [0.25, 0.3) is 0 Å². The summed E-state index contributed by atoms with van der Waals surface area (Å²) in [6.45, 7) is 1.58. The van der Waals surface area contributed by atoms with Crippen molar-refractivity contribution in [3.63, 3.8) is 0 Å². The standard InChI is InChI=1S/C8H6I2O/c1-5(11)6-2-7(9)4-8(10)3-6/h2-4H,1H3. The van der Waals surface area contributed by atoms with E-state index < -0.39 is 0 Å². The third kappa shape index (κ3) is 2.70. The maximum absolute atomic E-state index is 10.9. The zero-order valence-corrected chi connectivity index (χ0v) is 10.2. The molecule has 0 saturated carbocycles. The summed E-state index contributed by atoms with van der Waals surface area (Å²) in [5.74, 6) is 0.126. The van der Waals surface area contributed by atoms with Crippen LogP contribution in [0.4, 0.5) is 0 Å². The Bertz CT molecular complexity index is 274. The first-order chi connectivity index (χ1) is 5.09. The first-order valence-corrected chi connectivity index (χ1v) is 5.22. The summed E-state index contributed by atoms with van der Waals surface area (Å²) in [6, 6.07) is 5.82. The van der Waals surface area contributed by atoms with Crippen LogP contribution in [0.5, 0.6) is 0 Å². The van der Waals surface area contributed by atoms with Gasteiger partial charge in [0.05, 0.1) is 0 Å². The van der Waals surface area contributed by atoms with Crippen LogP contribution >= 0.6 is 45.2 Å². The van der Waals surface area contributed by atoms with Crippen LogP contribution in [0.2, 0.25) is 0 Å². The van der Waals surface area contributed by atoms with E-state index in [9.17, 15) is 4.79 Å². The van der Waals surface area contributed by atoms with E-state index in [1.165, 1.54) is 0 Å². The number of rotatable bonds is 1. The Hall–Kier alpha value is 0.350. The van der Waals surface area contributed by atoms with Crippen molar-refractivity contribution in [2.75, 3.05) is 0 Å². The van der Waals surface area contributed by atoms with Gasteiger partial charge in [0.2, 0.25) is 0 Å². The molecule has 0 N–H and O–H groups in total. The summed E-state index contributed by atoms with van der Waals surface area (Å²) in [5, 5.41) is 0. The van der Waals surface area contributed by atoms with Gasteiger partial charge in [0.1, 0.15) is 0 Å². The number of hydrogen-bond acceptors (Lipinski definition) is 1. The van der Waals surface area contributed by atoms with E-state index in [0.29, 0.717) is 0 Å². The number of benzene rings is 1. The maximum Gasteiger partial charge on any atom is 0.159 e. The quantitative estimate of drug-likeness (QED) is 0.547. The minimum absolute atomic E-state index is 0.126. The minimum Gasteiger partial charge on any atom is -0.295 e. The van der Waals surface area contributed by atoms with Crippen LogP contribution in [0.25, 0.3) is 0 Å². The number of carbonyl (C=O) groups is 1. The van der Waals surface area contributed by atoms with Crippen molar-refractivity contribution < 1.29 is 4.79 Å². The highest BCUT2D eigenvalue weighted by atomic mass is 127. The maximum atomic E-state index is 10.9. The van der Waals surface area contributed by atoms with E-state index in [2.05, 4.69) is 45.2 Å². The van der Waals surface area contributed by atoms with Crippen molar-refractivity contribution in [2.45, 2.75) is 6.92 Å². The van der Waals surface area contributed by atoms with Crippen molar-refractivity contribution in [3.8, 4) is 0 Å². The fraction of sp³-hybridized carbons (Fsp3) is 0.125. The van der Waals surface area contributed by atoms with E-state index in [1.807, 2.05) is 18.2 Å². The van der Waals surface area contributed by atoms with Crippen LogP contribution in [0.3, 0.4) is 0 Å². The Morgan fingerprint density at radius 2 is 1.64 bits per heavy atom. The van der Waals surface area contributed by atoms with E-state index in [4.69, 9.17) is 0 Å². The average Bonchev–Trinajstić information content (AvgIpc) is 1.85. The predicted molar refractivity (Wildman–Crippen MR) is 61.9 cm³/mol. The fourth-order valence-corrected chi connectivity index (χ4v) is 2.69. The molecular weight excluding hydrogens is 366 g/mol. The Labute approximate surface area is 92.8 Å². The Morgan fingerprint density at radius 3 is 2.00 bits per heavy atom. The van der Waals surface area contributed by atoms with Crippen LogP contribution in [0.15, 0.2) is 18.2 Å². The molecule has 0 radical (unpaired) electrons. The molecule has 3 heteroatoms. The minimum atomic E-state index is 0.126. The lowest BCUT2D eigenvalue weighted by Gasteiger charge is -1.97. The number of carbonyl (C=O) groups excluding carboxylic acids is 1. The van der Waals surface area contributed by atoms with Crippen LogP contribution < -0.4 is 0 Å². The molecule has 0 aromatic heterocycles. The second-order valence-electron chi connectivity index (χ2n) is 2.21. The molecule has 0 atom stereocenters. The van der Waals surface area contributed by atoms with Crippen LogP contribution in [-0.4, -0.2) is 5.78 Å². The number of ketones is 1. The summed E-state index contributed by atoms with van der Waals surface area (Å²) in [4.78, 5) is 10.9. The third-order valence-corrected chi connectivity index (χ3v) is 2.51. The van der Waals surface area contributed by atoms with Gasteiger partial charge >= 0.3 is 0 Å². The van der Waals surface area contributed by atoms with Crippen molar-refractivity contribution >= 4 is 51.0 Å². The Kier molecular flexibility index (Phi) is 3.29. The van der Waals surface area contributed by atoms with E-state index in [1.54, 1.807) is 6.92 Å². The van der Waals surface area contributed by atoms with Crippen LogP contribution in [0, 0.1) is 7.14 Å². The van der Waals surface area contributed by atoms with Gasteiger partial charge < -0.3 is 0 Å². The van der Waals surface area contributed by atoms with Crippen LogP contribution in [0.1, 0.15) is 17.3 Å². The molecule has 0 amide bonds. The zero-order chi connectivity index (χ0) is 8.43. The molecule has 1 aromatic carbocycles. The van der Waals surface area contributed by atoms with Gasteiger partial charge in [-0.3, -0.25) is 4.79 Å². The lowest BCUT2D eigenvalue weighted by molar-refractivity contribution is 0.101. The number of hydrogen-bond donors (Lipinski definition) is 0. The molecule has 11 heavy (non-hydrogen) atoms. The SMILES string of the molecule is CC(=O)c1cc(I)cc(I)c1. The lowest BCUT2D eigenvalue weighted by atomic mass is 10.2. The highest BCUT2D eigenvalue weighted by Crippen LogP contribution is 2.14. The third-order valence-electron chi connectivity index (χ3n) is 1.27. The molecule has 0 aliphatic rings. The second kappa shape index (κ2) is 3.84. The largest absolute Gasteiger partial charge is 0.295 e. The zero-order valence-electron chi connectivity index (χ0n) is 5.90. The summed E-state index contributed by atoms with van der Waals surface area (Å²) in [6.07, 6.45) is 0. The second-order valence-corrected chi connectivity index (χ2v) is 4.71. The predicted octanol–water partition coefficient (Wildman–Crippen LogP) is 3.10. The molecule has 0 spiro atoms. The first-order valence-electron chi connectivity index (χ1n) is 3.06. The Balaban J connectivity index is 3.19. The van der Waals surface area contributed by atoms with Crippen molar-refractivity contribution in [3.05, 3.63) is 30.9 Å². The highest BCUT2D eigenvalue weighted by Gasteiger charge is 2.00. The average molecular weight is 372 g/mol. The number of halogens is 2. The fourth-order valence-electron chi connectivity index (χ4n) is 0.757. The van der Waals surface area contributed by atoms with Gasteiger partial charge in [-0.05, 0) is 70.3 Å². The van der Waals surface area contributed by atoms with Crippen molar-refractivity contribution in [2.24, 2.45) is 0 Å². The Morgan fingerprint density at radius 1 is 1.18 bits per heavy atom. The van der Waals surface area contributed by atoms with Gasteiger partial charge in [-0.25, -0.2) is 0 Å². The summed E-state index contributed by atoms with van der Waals surface area (Å²) in [7, 11) is 0. The molecule has 1 aromatic rings. The topological polar surface area (TPSA) is 17.1 Å². The monoisotopic (exact) mass is 372 g/mol. The lowest BCUT2D eigenvalue weighted by Crippen LogP contribution is -1.92. The summed E-state index contributed by atoms with van der Waals surface area (Å²) < 4.78 is 2.22. The molecule has 0 bridgehead atoms. The molecule has 1 rings (SSSR count). The van der Waals surface area contributed by atoms with Gasteiger partial charge in [-0.15, -0.1) is 0 Å². The van der Waals surface area contributed by atoms with Gasteiger partial charge in [0.15, 0.2) is 5.78 Å². The molecule has 0 fully saturated rings. The molecule has 0 unspecified atom stereocenters. The first kappa shape index (κ1) is 9.44. The van der Waals surface area contributed by atoms with Gasteiger partial charge in [-0.1, -0.05) is 0 Å². The van der Waals surface area contributed by atoms with Gasteiger partial charge in [-0.2, -0.15) is 0 Å². The molecule has 0 aliphatic heterocycles. The highest BCUT2D eigenvalue weighted by molar-refractivity contribution is 14.1. The van der Waals surface area contributed by atoms with Crippen molar-refractivity contribution in [1.82, 2.24) is 0 Å². The molecule has 1 nitrogen and oxygen atoms in total. The molecule has 0 saturated heterocycles. The number of Topliss-reactive ketones (excluding diaryl/α,β-unsaturated/α-hetero) is 1.